The van der Waals surface area contributed by atoms with E-state index in [4.69, 9.17) is 20.3 Å². The highest BCUT2D eigenvalue weighted by Crippen LogP contribution is 2.35. The lowest BCUT2D eigenvalue weighted by Gasteiger charge is -2.24. The van der Waals surface area contributed by atoms with E-state index in [1.165, 1.54) is 0 Å². The smallest absolute Gasteiger partial charge is 0.414 e. The predicted octanol–water partition coefficient (Wildman–Crippen LogP) is 10.8. The standard InChI is InChI=1S/C27H28N2O3.C20H21NO4.C6H8N2/c1-27(2,3)32-26(31)29-16-14-23-17-22(11-12-24(23)29)20-7-9-21(10-8-20)25(30)13-6-19-5-4-15-28-18-19;1-20(2,3)25-19(24)21-11-10-16-12-15(8-9-17(16)21)13-4-6-14(7-5-13)18(22)23;7-4-6-2-1-3-8-5-6/h4-5,7-12,15,17-18H,6,13-14,16H2,1-3H3;4-9,12H,10-11H2,1-3H3,(H,22,23);1-3,5H,4,7H2. The Balaban J connectivity index is 0.000000188. The second-order valence-corrected chi connectivity index (χ2v) is 17.8. The molecule has 0 unspecified atom stereocenters. The van der Waals surface area contributed by atoms with Crippen molar-refractivity contribution in [2.75, 3.05) is 22.9 Å². The average Bonchev–Trinajstić information content (AvgIpc) is 3.93. The Kier molecular flexibility index (Phi) is 15.3. The van der Waals surface area contributed by atoms with Gasteiger partial charge < -0.3 is 20.3 Å². The Bertz CT molecular complexity index is 2590. The fourth-order valence-corrected chi connectivity index (χ4v) is 7.30. The zero-order valence-electron chi connectivity index (χ0n) is 37.9. The average molecular weight is 876 g/mol. The van der Waals surface area contributed by atoms with Gasteiger partial charge in [0, 0.05) is 56.4 Å². The molecule has 4 heterocycles. The normalized spacial score (nSPS) is 12.7. The van der Waals surface area contributed by atoms with Crippen LogP contribution < -0.4 is 15.5 Å². The summed E-state index contributed by atoms with van der Waals surface area (Å²) in [6, 6.07) is 34.3. The number of carbonyl (C=O) groups is 4. The summed E-state index contributed by atoms with van der Waals surface area (Å²) in [5.41, 5.74) is 15.5. The van der Waals surface area contributed by atoms with E-state index in [1.807, 2.05) is 114 Å². The summed E-state index contributed by atoms with van der Waals surface area (Å²) < 4.78 is 11.0. The Hall–Kier alpha value is -7.18. The van der Waals surface area contributed by atoms with Crippen molar-refractivity contribution in [2.24, 2.45) is 5.73 Å². The maximum absolute atomic E-state index is 12.5. The number of ether oxygens (including phenoxy) is 2. The van der Waals surface area contributed by atoms with Gasteiger partial charge in [-0.2, -0.15) is 0 Å². The summed E-state index contributed by atoms with van der Waals surface area (Å²) in [5.74, 6) is -0.809. The second kappa shape index (κ2) is 21.0. The van der Waals surface area contributed by atoms with Gasteiger partial charge in [-0.1, -0.05) is 60.7 Å². The third-order valence-electron chi connectivity index (χ3n) is 10.5. The first-order chi connectivity index (χ1) is 31.0. The van der Waals surface area contributed by atoms with E-state index in [1.54, 1.807) is 58.9 Å². The van der Waals surface area contributed by atoms with Crippen LogP contribution in [0.2, 0.25) is 0 Å². The number of rotatable bonds is 8. The van der Waals surface area contributed by atoms with Crippen LogP contribution in [-0.2, 0) is 35.3 Å². The number of fused-ring (bicyclic) bond motifs is 2. The van der Waals surface area contributed by atoms with Crippen LogP contribution in [0.3, 0.4) is 0 Å². The number of nitrogens with zero attached hydrogens (tertiary/aromatic N) is 4. The molecule has 12 heteroatoms. The number of aromatic carboxylic acids is 1. The number of aromatic nitrogens is 2. The zero-order chi connectivity index (χ0) is 46.7. The minimum absolute atomic E-state index is 0.127. The lowest BCUT2D eigenvalue weighted by atomic mass is 9.98. The number of carboxylic acids is 1. The lowest BCUT2D eigenvalue weighted by Crippen LogP contribution is -2.35. The number of nitrogens with two attached hydrogens (primary N) is 1. The molecule has 0 aliphatic carbocycles. The van der Waals surface area contributed by atoms with E-state index in [0.717, 1.165) is 74.3 Å². The Morgan fingerprint density at radius 1 is 0.600 bits per heavy atom. The van der Waals surface area contributed by atoms with E-state index in [9.17, 15) is 19.2 Å². The topological polar surface area (TPSA) is 165 Å². The second-order valence-electron chi connectivity index (χ2n) is 17.8. The fraction of sp³-hybridized carbons (Fsp3) is 0.283. The number of pyridine rings is 2. The van der Waals surface area contributed by atoms with Crippen LogP contribution in [0.1, 0.15) is 90.9 Å². The van der Waals surface area contributed by atoms with Gasteiger partial charge in [0.15, 0.2) is 5.78 Å². The Morgan fingerprint density at radius 3 is 1.42 bits per heavy atom. The third-order valence-corrected chi connectivity index (χ3v) is 10.5. The first-order valence-corrected chi connectivity index (χ1v) is 21.7. The van der Waals surface area contributed by atoms with Gasteiger partial charge in [-0.05, 0) is 154 Å². The van der Waals surface area contributed by atoms with E-state index in [-0.39, 0.29) is 23.5 Å². The van der Waals surface area contributed by atoms with Crippen molar-refractivity contribution in [1.82, 2.24) is 9.97 Å². The molecule has 0 spiro atoms. The summed E-state index contributed by atoms with van der Waals surface area (Å²) in [6.07, 6.45) is 9.12. The summed E-state index contributed by atoms with van der Waals surface area (Å²) >= 11 is 0. The molecule has 4 aromatic carbocycles. The van der Waals surface area contributed by atoms with Gasteiger partial charge >= 0.3 is 18.2 Å². The third kappa shape index (κ3) is 13.2. The number of aryl methyl sites for hydroxylation is 1. The number of anilines is 2. The van der Waals surface area contributed by atoms with Gasteiger partial charge in [0.2, 0.25) is 0 Å². The molecule has 0 atom stereocenters. The minimum atomic E-state index is -0.937. The molecular weight excluding hydrogens is 819 g/mol. The largest absolute Gasteiger partial charge is 0.478 e. The summed E-state index contributed by atoms with van der Waals surface area (Å²) in [7, 11) is 0. The van der Waals surface area contributed by atoms with Crippen molar-refractivity contribution in [3.63, 3.8) is 0 Å². The van der Waals surface area contributed by atoms with E-state index in [0.29, 0.717) is 32.5 Å². The van der Waals surface area contributed by atoms with Gasteiger partial charge in [0.1, 0.15) is 11.2 Å². The van der Waals surface area contributed by atoms with Crippen LogP contribution in [0, 0.1) is 0 Å². The Morgan fingerprint density at radius 2 is 1.03 bits per heavy atom. The van der Waals surface area contributed by atoms with Gasteiger partial charge in [0.05, 0.1) is 16.9 Å². The quantitative estimate of drug-likeness (QED) is 0.141. The number of hydrogen-bond donors (Lipinski definition) is 2. The maximum atomic E-state index is 12.5. The van der Waals surface area contributed by atoms with E-state index in [2.05, 4.69) is 22.1 Å². The van der Waals surface area contributed by atoms with Crippen LogP contribution in [-0.4, -0.2) is 63.3 Å². The van der Waals surface area contributed by atoms with Crippen molar-refractivity contribution in [2.45, 2.75) is 85.0 Å². The molecule has 8 rings (SSSR count). The lowest BCUT2D eigenvalue weighted by molar-refractivity contribution is 0.0573. The molecule has 336 valence electrons. The molecule has 12 nitrogen and oxygen atoms in total. The van der Waals surface area contributed by atoms with Gasteiger partial charge in [-0.25, -0.2) is 14.4 Å². The molecule has 0 fully saturated rings. The van der Waals surface area contributed by atoms with E-state index >= 15 is 0 Å². The molecule has 0 radical (unpaired) electrons. The monoisotopic (exact) mass is 875 g/mol. The molecule has 65 heavy (non-hydrogen) atoms. The van der Waals surface area contributed by atoms with Crippen LogP contribution >= 0.6 is 0 Å². The number of carboxylic acid groups (broad SMARTS) is 1. The molecule has 3 N–H and O–H groups in total. The number of ketones is 1. The molecular formula is C53H57N5O7. The van der Waals surface area contributed by atoms with Crippen LogP contribution in [0.5, 0.6) is 0 Å². The number of hydrogen-bond acceptors (Lipinski definition) is 9. The number of amides is 2. The predicted molar refractivity (Wildman–Crippen MR) is 254 cm³/mol. The van der Waals surface area contributed by atoms with Crippen molar-refractivity contribution in [3.05, 3.63) is 167 Å². The molecule has 6 aromatic rings. The van der Waals surface area contributed by atoms with Gasteiger partial charge in [-0.15, -0.1) is 0 Å². The summed E-state index contributed by atoms with van der Waals surface area (Å²) in [5, 5.41) is 8.99. The molecule has 0 saturated heterocycles. The first-order valence-electron chi connectivity index (χ1n) is 21.7. The SMILES string of the molecule is CC(C)(C)OC(=O)N1CCc2cc(-c3ccc(C(=O)CCc4cccnc4)cc3)ccc21.CC(C)(C)OC(=O)N1CCc2cc(-c3ccc(C(=O)O)cc3)ccc21.NCc1cccnc1. The number of Topliss-reactive ketones (excluding diaryl/α,β-unsaturated/α-hetero) is 1. The number of benzene rings is 4. The minimum Gasteiger partial charge on any atom is -0.478 e. The zero-order valence-corrected chi connectivity index (χ0v) is 37.9. The molecule has 2 amide bonds. The molecule has 0 saturated carbocycles. The van der Waals surface area contributed by atoms with Crippen LogP contribution in [0.15, 0.2) is 134 Å². The highest BCUT2D eigenvalue weighted by atomic mass is 16.6. The first kappa shape index (κ1) is 47.3. The molecule has 0 bridgehead atoms. The highest BCUT2D eigenvalue weighted by Gasteiger charge is 2.30. The fourth-order valence-electron chi connectivity index (χ4n) is 7.30. The highest BCUT2D eigenvalue weighted by molar-refractivity contribution is 5.97. The Labute approximate surface area is 381 Å². The molecule has 2 aromatic heterocycles. The van der Waals surface area contributed by atoms with Crippen molar-refractivity contribution < 1.29 is 33.8 Å². The van der Waals surface area contributed by atoms with Crippen molar-refractivity contribution in [1.29, 1.82) is 0 Å². The van der Waals surface area contributed by atoms with Gasteiger partial charge in [0.25, 0.3) is 0 Å². The van der Waals surface area contributed by atoms with Gasteiger partial charge in [-0.3, -0.25) is 24.6 Å². The summed E-state index contributed by atoms with van der Waals surface area (Å²) in [4.78, 5) is 59.7. The number of carbonyl (C=O) groups excluding carboxylic acids is 3. The van der Waals surface area contributed by atoms with Crippen molar-refractivity contribution in [3.8, 4) is 22.3 Å². The summed E-state index contributed by atoms with van der Waals surface area (Å²) in [6.45, 7) is 13.0. The van der Waals surface area contributed by atoms with Crippen LogP contribution in [0.25, 0.3) is 22.3 Å². The molecule has 2 aliphatic rings. The van der Waals surface area contributed by atoms with Crippen molar-refractivity contribution >= 4 is 35.3 Å². The van der Waals surface area contributed by atoms with Crippen LogP contribution in [0.4, 0.5) is 21.0 Å². The molecule has 2 aliphatic heterocycles. The van der Waals surface area contributed by atoms with E-state index < -0.39 is 17.2 Å². The maximum Gasteiger partial charge on any atom is 0.414 e.